The summed E-state index contributed by atoms with van der Waals surface area (Å²) in [6.45, 7) is 14.6. The van der Waals surface area contributed by atoms with Crippen molar-refractivity contribution in [3.05, 3.63) is 54.5 Å². The molecule has 5 heteroatoms. The first-order chi connectivity index (χ1) is 13.2. The third kappa shape index (κ3) is 2.84. The van der Waals surface area contributed by atoms with E-state index in [-0.39, 0.29) is 16.6 Å². The normalized spacial score (nSPS) is 24.5. The molecule has 1 fully saturated rings. The first-order valence-corrected chi connectivity index (χ1v) is 10.1. The van der Waals surface area contributed by atoms with E-state index >= 15 is 0 Å². The Kier molecular flexibility index (Phi) is 4.51. The minimum absolute atomic E-state index is 0.0505. The van der Waals surface area contributed by atoms with E-state index in [2.05, 4.69) is 58.3 Å². The van der Waals surface area contributed by atoms with Crippen LogP contribution in [0, 0.1) is 0 Å². The molecule has 2 aromatic rings. The summed E-state index contributed by atoms with van der Waals surface area (Å²) in [5.74, 6) is 0. The molecule has 146 valence electrons. The van der Waals surface area contributed by atoms with Gasteiger partial charge < -0.3 is 9.31 Å². The molecule has 1 aliphatic carbocycles. The molecule has 4 nitrogen and oxygen atoms in total. The second kappa shape index (κ2) is 6.53. The van der Waals surface area contributed by atoms with Gasteiger partial charge in [0.2, 0.25) is 0 Å². The number of aromatic nitrogens is 2. The van der Waals surface area contributed by atoms with E-state index in [1.807, 2.05) is 24.5 Å². The fourth-order valence-electron chi connectivity index (χ4n) is 4.34. The maximum Gasteiger partial charge on any atom is 0.496 e. The summed E-state index contributed by atoms with van der Waals surface area (Å²) >= 11 is 0. The van der Waals surface area contributed by atoms with Crippen LogP contribution in [0.3, 0.4) is 0 Å². The lowest BCUT2D eigenvalue weighted by Gasteiger charge is -2.38. The van der Waals surface area contributed by atoms with Gasteiger partial charge in [0.05, 0.1) is 22.6 Å². The Morgan fingerprint density at radius 3 is 2.54 bits per heavy atom. The summed E-state index contributed by atoms with van der Waals surface area (Å²) in [5, 5.41) is 0. The van der Waals surface area contributed by atoms with Gasteiger partial charge in [-0.2, -0.15) is 0 Å². The molecule has 3 heterocycles. The largest absolute Gasteiger partial charge is 0.496 e. The van der Waals surface area contributed by atoms with Gasteiger partial charge in [-0.1, -0.05) is 19.1 Å². The van der Waals surface area contributed by atoms with Crippen molar-refractivity contribution in [2.45, 2.75) is 70.5 Å². The van der Waals surface area contributed by atoms with Crippen LogP contribution in [-0.4, -0.2) is 28.3 Å². The number of pyridine rings is 2. The van der Waals surface area contributed by atoms with E-state index in [9.17, 15) is 0 Å². The molecule has 0 spiro atoms. The summed E-state index contributed by atoms with van der Waals surface area (Å²) in [5.41, 5.74) is 4.72. The number of hydrogen-bond acceptors (Lipinski definition) is 4. The molecule has 1 saturated heterocycles. The lowest BCUT2D eigenvalue weighted by atomic mass is 9.65. The molecule has 28 heavy (non-hydrogen) atoms. The smallest absolute Gasteiger partial charge is 0.399 e. The lowest BCUT2D eigenvalue weighted by molar-refractivity contribution is 0.00578. The molecule has 4 rings (SSSR count). The Bertz CT molecular complexity index is 909. The molecule has 1 aliphatic heterocycles. The summed E-state index contributed by atoms with van der Waals surface area (Å²) in [4.78, 5) is 9.55. The fraction of sp³-hybridized carbons (Fsp3) is 0.478. The quantitative estimate of drug-likeness (QED) is 0.592. The highest BCUT2D eigenvalue weighted by atomic mass is 16.7. The molecular weight excluding hydrogens is 347 g/mol. The van der Waals surface area contributed by atoms with Crippen molar-refractivity contribution < 1.29 is 9.31 Å². The van der Waals surface area contributed by atoms with Crippen LogP contribution >= 0.6 is 0 Å². The maximum absolute atomic E-state index is 6.28. The van der Waals surface area contributed by atoms with Crippen LogP contribution in [0.15, 0.2) is 43.2 Å². The van der Waals surface area contributed by atoms with Gasteiger partial charge in [-0.15, -0.1) is 6.58 Å². The molecule has 0 N–H and O–H groups in total. The Morgan fingerprint density at radius 2 is 1.89 bits per heavy atom. The average molecular weight is 376 g/mol. The molecule has 0 aromatic carbocycles. The van der Waals surface area contributed by atoms with Crippen LogP contribution < -0.4 is 5.46 Å². The predicted octanol–water partition coefficient (Wildman–Crippen LogP) is 4.22. The standard InChI is InChI=1S/C23H29BN2O2/c1-7-11-23(8-2)14-19-17(10-9-12-25-19)20-18(23)13-16(15-26-20)24-27-21(3,4)22(5,6)28-24/h7,9-10,12-13,15H,1,8,11,14H2,2-6H3. The van der Waals surface area contributed by atoms with E-state index in [0.717, 1.165) is 41.7 Å². The zero-order valence-electron chi connectivity index (χ0n) is 17.6. The SMILES string of the molecule is C=CCC1(CC)Cc2ncccc2-c2ncc(B3OC(C)(C)C(C)(C)O3)cc21. The maximum atomic E-state index is 6.28. The molecule has 2 aromatic heterocycles. The second-order valence-electron chi connectivity index (χ2n) is 9.05. The Hall–Kier alpha value is -1.98. The predicted molar refractivity (Wildman–Crippen MR) is 114 cm³/mol. The van der Waals surface area contributed by atoms with Gasteiger partial charge >= 0.3 is 7.12 Å². The monoisotopic (exact) mass is 376 g/mol. The van der Waals surface area contributed by atoms with Gasteiger partial charge in [0, 0.05) is 35.3 Å². The number of nitrogens with zero attached hydrogens (tertiary/aromatic N) is 2. The highest BCUT2D eigenvalue weighted by Crippen LogP contribution is 2.45. The molecule has 0 saturated carbocycles. The molecule has 0 radical (unpaired) electrons. The van der Waals surface area contributed by atoms with Gasteiger partial charge in [-0.3, -0.25) is 9.97 Å². The third-order valence-electron chi connectivity index (χ3n) is 6.87. The van der Waals surface area contributed by atoms with Gasteiger partial charge in [0.1, 0.15) is 0 Å². The van der Waals surface area contributed by atoms with Crippen LogP contribution in [0.2, 0.25) is 0 Å². The van der Waals surface area contributed by atoms with Crippen LogP contribution in [0.1, 0.15) is 58.7 Å². The summed E-state index contributed by atoms with van der Waals surface area (Å²) in [7, 11) is -0.406. The van der Waals surface area contributed by atoms with E-state index in [4.69, 9.17) is 14.3 Å². The molecule has 0 bridgehead atoms. The number of hydrogen-bond donors (Lipinski definition) is 0. The lowest BCUT2D eigenvalue weighted by Crippen LogP contribution is -2.41. The Labute approximate surface area is 168 Å². The van der Waals surface area contributed by atoms with Gasteiger partial charge in [-0.25, -0.2) is 0 Å². The van der Waals surface area contributed by atoms with Crippen molar-refractivity contribution in [3.63, 3.8) is 0 Å². The second-order valence-corrected chi connectivity index (χ2v) is 9.05. The van der Waals surface area contributed by atoms with Crippen molar-refractivity contribution in [1.29, 1.82) is 0 Å². The van der Waals surface area contributed by atoms with Crippen LogP contribution in [-0.2, 0) is 21.1 Å². The average Bonchev–Trinajstić information content (AvgIpc) is 2.89. The number of rotatable bonds is 4. The molecule has 2 aliphatic rings. The minimum Gasteiger partial charge on any atom is -0.399 e. The van der Waals surface area contributed by atoms with Crippen LogP contribution in [0.5, 0.6) is 0 Å². The van der Waals surface area contributed by atoms with E-state index in [0.29, 0.717) is 0 Å². The van der Waals surface area contributed by atoms with E-state index < -0.39 is 7.12 Å². The van der Waals surface area contributed by atoms with Gasteiger partial charge in [0.15, 0.2) is 0 Å². The van der Waals surface area contributed by atoms with Crippen molar-refractivity contribution in [3.8, 4) is 11.3 Å². The topological polar surface area (TPSA) is 44.2 Å². The molecule has 1 unspecified atom stereocenters. The van der Waals surface area contributed by atoms with Crippen molar-refractivity contribution in [1.82, 2.24) is 9.97 Å². The molecule has 1 atom stereocenters. The van der Waals surface area contributed by atoms with E-state index in [1.165, 1.54) is 5.56 Å². The van der Waals surface area contributed by atoms with Gasteiger partial charge in [0.25, 0.3) is 0 Å². The fourth-order valence-corrected chi connectivity index (χ4v) is 4.34. The number of allylic oxidation sites excluding steroid dienone is 1. The zero-order valence-corrected chi connectivity index (χ0v) is 17.6. The van der Waals surface area contributed by atoms with Crippen molar-refractivity contribution in [2.24, 2.45) is 0 Å². The van der Waals surface area contributed by atoms with Crippen LogP contribution in [0.25, 0.3) is 11.3 Å². The summed E-state index contributed by atoms with van der Waals surface area (Å²) in [6.07, 6.45) is 8.57. The minimum atomic E-state index is -0.406. The first kappa shape index (κ1) is 19.3. The third-order valence-corrected chi connectivity index (χ3v) is 6.87. The Morgan fingerprint density at radius 1 is 1.18 bits per heavy atom. The highest BCUT2D eigenvalue weighted by Gasteiger charge is 2.52. The number of fused-ring (bicyclic) bond motifs is 3. The summed E-state index contributed by atoms with van der Waals surface area (Å²) < 4.78 is 12.6. The van der Waals surface area contributed by atoms with Gasteiger partial charge in [-0.05, 0) is 58.2 Å². The highest BCUT2D eigenvalue weighted by molar-refractivity contribution is 6.62. The first-order valence-electron chi connectivity index (χ1n) is 10.1. The Balaban J connectivity index is 1.84. The zero-order chi connectivity index (χ0) is 20.2. The van der Waals surface area contributed by atoms with Crippen molar-refractivity contribution in [2.75, 3.05) is 0 Å². The van der Waals surface area contributed by atoms with Crippen molar-refractivity contribution >= 4 is 12.6 Å². The summed E-state index contributed by atoms with van der Waals surface area (Å²) in [6, 6.07) is 6.35. The van der Waals surface area contributed by atoms with E-state index in [1.54, 1.807) is 0 Å². The molecular formula is C23H29BN2O2. The van der Waals surface area contributed by atoms with Crippen LogP contribution in [0.4, 0.5) is 0 Å². The molecule has 0 amide bonds.